The average molecular weight is 413 g/mol. The van der Waals surface area contributed by atoms with Gasteiger partial charge in [-0.25, -0.2) is 14.7 Å². The molecule has 1 heterocycles. The van der Waals surface area contributed by atoms with Crippen molar-refractivity contribution in [3.63, 3.8) is 0 Å². The summed E-state index contributed by atoms with van der Waals surface area (Å²) in [7, 11) is 0. The summed E-state index contributed by atoms with van der Waals surface area (Å²) >= 11 is 1.56. The minimum Gasteiger partial charge on any atom is -1.00 e. The van der Waals surface area contributed by atoms with Crippen molar-refractivity contribution in [2.24, 2.45) is 0 Å². The largest absolute Gasteiger partial charge is 1.00 e. The van der Waals surface area contributed by atoms with E-state index < -0.39 is 0 Å². The van der Waals surface area contributed by atoms with E-state index in [-0.39, 0.29) is 18.2 Å². The Balaban J connectivity index is 0.00000225. The summed E-state index contributed by atoms with van der Waals surface area (Å²) in [6.07, 6.45) is 0. The topological polar surface area (TPSA) is 35.4 Å². The second kappa shape index (κ2) is 8.87. The molecule has 0 bridgehead atoms. The molecule has 0 saturated heterocycles. The molecule has 0 atom stereocenters. The number of nitrogens with one attached hydrogen (secondary N) is 2. The lowest BCUT2D eigenvalue weighted by atomic mass is 10.1. The highest BCUT2D eigenvalue weighted by Crippen LogP contribution is 2.27. The molecule has 0 amide bonds. The number of rotatable bonds is 5. The first-order valence-corrected chi connectivity index (χ1v) is 9.43. The summed E-state index contributed by atoms with van der Waals surface area (Å²) < 4.78 is 19.2. The molecule has 0 unspecified atom stereocenters. The third-order valence-electron chi connectivity index (χ3n) is 4.10. The third-order valence-corrected chi connectivity index (χ3v) is 4.90. The smallest absolute Gasteiger partial charge is 0.337 e. The first-order chi connectivity index (χ1) is 13.2. The second-order valence-corrected chi connectivity index (χ2v) is 7.01. The van der Waals surface area contributed by atoms with Crippen LogP contribution in [0.1, 0.15) is 5.56 Å². The summed E-state index contributed by atoms with van der Waals surface area (Å²) in [6, 6.07) is 22.6. The van der Waals surface area contributed by atoms with Crippen molar-refractivity contribution in [3.8, 4) is 22.8 Å². The van der Waals surface area contributed by atoms with Crippen LogP contribution in [0, 0.1) is 12.7 Å². The maximum absolute atomic E-state index is 13.4. The number of aromatic amines is 1. The Morgan fingerprint density at radius 1 is 0.929 bits per heavy atom. The molecule has 1 aromatic heterocycles. The number of thiazole rings is 1. The van der Waals surface area contributed by atoms with Gasteiger partial charge in [-0.3, -0.25) is 0 Å². The molecule has 0 spiro atoms. The fourth-order valence-electron chi connectivity index (χ4n) is 2.67. The van der Waals surface area contributed by atoms with E-state index in [0.29, 0.717) is 5.56 Å². The number of hydrogen-bond donors (Lipinski definition) is 1. The first-order valence-electron chi connectivity index (χ1n) is 8.55. The van der Waals surface area contributed by atoms with E-state index in [9.17, 15) is 4.39 Å². The average Bonchev–Trinajstić information content (AvgIpc) is 3.15. The fraction of sp³-hybridized carbons (Fsp3) is 0.0455. The molecule has 0 aliphatic carbocycles. The molecule has 0 radical (unpaired) electrons. The number of anilines is 2. The molecule has 6 heteroatoms. The van der Waals surface area contributed by atoms with Crippen LogP contribution in [0.25, 0.3) is 11.3 Å². The van der Waals surface area contributed by atoms with Gasteiger partial charge in [0.2, 0.25) is 0 Å². The molecular weight excluding hydrogens is 395 g/mol. The molecule has 28 heavy (non-hydrogen) atoms. The molecule has 0 fully saturated rings. The van der Waals surface area contributed by atoms with Gasteiger partial charge < -0.3 is 17.1 Å². The monoisotopic (exact) mass is 412 g/mol. The van der Waals surface area contributed by atoms with Gasteiger partial charge in [0, 0.05) is 10.9 Å². The van der Waals surface area contributed by atoms with Gasteiger partial charge in [-0.15, -0.1) is 0 Å². The van der Waals surface area contributed by atoms with Crippen molar-refractivity contribution in [3.05, 3.63) is 89.6 Å². The van der Waals surface area contributed by atoms with E-state index in [1.807, 2.05) is 66.0 Å². The standard InChI is InChI=1S/C22H17FN2OS.ClH/c1-15-13-16(7-12-20(15)23)21-14-27-22(25-21)24-17-8-10-19(11-9-17)26-18-5-3-2-4-6-18;/h2-14H,1H3,(H,24,25);1H. The van der Waals surface area contributed by atoms with E-state index >= 15 is 0 Å². The number of halogens is 2. The van der Waals surface area contributed by atoms with Gasteiger partial charge in [0.15, 0.2) is 0 Å². The lowest BCUT2D eigenvalue weighted by Gasteiger charge is -2.05. The van der Waals surface area contributed by atoms with E-state index in [4.69, 9.17) is 4.74 Å². The van der Waals surface area contributed by atoms with E-state index in [0.717, 1.165) is 33.6 Å². The van der Waals surface area contributed by atoms with Crippen LogP contribution < -0.4 is 27.4 Å². The number of aromatic nitrogens is 1. The van der Waals surface area contributed by atoms with E-state index in [1.165, 1.54) is 6.07 Å². The molecule has 0 aliphatic rings. The minimum atomic E-state index is -0.190. The van der Waals surface area contributed by atoms with Gasteiger partial charge >= 0.3 is 5.13 Å². The van der Waals surface area contributed by atoms with Crippen LogP contribution >= 0.6 is 11.3 Å². The Hall–Kier alpha value is -2.89. The Bertz CT molecular complexity index is 1050. The number of para-hydroxylation sites is 1. The van der Waals surface area contributed by atoms with Crippen molar-refractivity contribution in [1.29, 1.82) is 0 Å². The van der Waals surface area contributed by atoms with Crippen molar-refractivity contribution in [1.82, 2.24) is 0 Å². The lowest BCUT2D eigenvalue weighted by Crippen LogP contribution is -3.00. The van der Waals surface area contributed by atoms with Crippen LogP contribution in [0.4, 0.5) is 15.2 Å². The fourth-order valence-corrected chi connectivity index (χ4v) is 3.45. The summed E-state index contributed by atoms with van der Waals surface area (Å²) in [4.78, 5) is 3.33. The highest BCUT2D eigenvalue weighted by molar-refractivity contribution is 7.13. The Morgan fingerprint density at radius 3 is 2.36 bits per heavy atom. The highest BCUT2D eigenvalue weighted by Gasteiger charge is 2.12. The van der Waals surface area contributed by atoms with Crippen molar-refractivity contribution < 1.29 is 26.5 Å². The molecule has 4 aromatic rings. The van der Waals surface area contributed by atoms with Crippen LogP contribution in [-0.4, -0.2) is 0 Å². The zero-order valence-electron chi connectivity index (χ0n) is 15.1. The SMILES string of the molecule is Cc1cc(-c2csc(Nc3ccc(Oc4ccccc4)cc3)[nH+]2)ccc1F.[Cl-]. The van der Waals surface area contributed by atoms with Crippen LogP contribution in [0.3, 0.4) is 0 Å². The van der Waals surface area contributed by atoms with Crippen molar-refractivity contribution in [2.75, 3.05) is 5.32 Å². The van der Waals surface area contributed by atoms with Crippen LogP contribution in [0.2, 0.25) is 0 Å². The predicted octanol–water partition coefficient (Wildman–Crippen LogP) is 3.22. The summed E-state index contributed by atoms with van der Waals surface area (Å²) in [6.45, 7) is 1.77. The maximum Gasteiger partial charge on any atom is 0.337 e. The molecular formula is C22H18ClFN2OS. The second-order valence-electron chi connectivity index (χ2n) is 6.13. The number of hydrogen-bond acceptors (Lipinski definition) is 3. The number of aryl methyl sites for hydroxylation is 1. The zero-order chi connectivity index (χ0) is 18.6. The summed E-state index contributed by atoms with van der Waals surface area (Å²) in [5.74, 6) is 1.40. The van der Waals surface area contributed by atoms with Gasteiger partial charge in [-0.05, 0) is 67.1 Å². The summed E-state index contributed by atoms with van der Waals surface area (Å²) in [5.41, 5.74) is 3.51. The third kappa shape index (κ3) is 4.68. The van der Waals surface area contributed by atoms with Crippen LogP contribution in [0.5, 0.6) is 11.5 Å². The first kappa shape index (κ1) is 19.9. The van der Waals surface area contributed by atoms with E-state index in [1.54, 1.807) is 24.3 Å². The van der Waals surface area contributed by atoms with Crippen molar-refractivity contribution in [2.45, 2.75) is 6.92 Å². The van der Waals surface area contributed by atoms with Crippen molar-refractivity contribution >= 4 is 22.2 Å². The van der Waals surface area contributed by atoms with Gasteiger partial charge in [0.25, 0.3) is 0 Å². The normalized spacial score (nSPS) is 10.2. The zero-order valence-corrected chi connectivity index (χ0v) is 16.7. The summed E-state index contributed by atoms with van der Waals surface area (Å²) in [5, 5.41) is 6.27. The molecule has 0 aliphatic heterocycles. The minimum absolute atomic E-state index is 0. The molecule has 4 rings (SSSR count). The maximum atomic E-state index is 13.4. The lowest BCUT2D eigenvalue weighted by molar-refractivity contribution is -0.340. The van der Waals surface area contributed by atoms with Crippen LogP contribution in [-0.2, 0) is 0 Å². The molecule has 142 valence electrons. The van der Waals surface area contributed by atoms with Gasteiger partial charge in [-0.2, -0.15) is 0 Å². The molecule has 3 nitrogen and oxygen atoms in total. The van der Waals surface area contributed by atoms with E-state index in [2.05, 4.69) is 10.3 Å². The Morgan fingerprint density at radius 2 is 1.64 bits per heavy atom. The van der Waals surface area contributed by atoms with Crippen LogP contribution in [0.15, 0.2) is 78.2 Å². The number of ether oxygens (including phenoxy) is 1. The van der Waals surface area contributed by atoms with Gasteiger partial charge in [0.1, 0.15) is 28.7 Å². The number of H-pyrrole nitrogens is 1. The highest BCUT2D eigenvalue weighted by atomic mass is 35.5. The van der Waals surface area contributed by atoms with Gasteiger partial charge in [-0.1, -0.05) is 29.5 Å². The molecule has 0 saturated carbocycles. The quantitative estimate of drug-likeness (QED) is 0.546. The Kier molecular flexibility index (Phi) is 6.29. The number of benzene rings is 3. The molecule has 2 N–H and O–H groups in total. The van der Waals surface area contributed by atoms with Gasteiger partial charge in [0.05, 0.1) is 0 Å². The molecule has 3 aromatic carbocycles. The Labute approximate surface area is 173 Å². The predicted molar refractivity (Wildman–Crippen MR) is 107 cm³/mol.